The van der Waals surface area contributed by atoms with E-state index in [1.807, 2.05) is 0 Å². The Kier molecular flexibility index (Phi) is 4.83. The van der Waals surface area contributed by atoms with E-state index in [2.05, 4.69) is 26.6 Å². The molecule has 0 bridgehead atoms. The molecule has 8 nitrogen and oxygen atoms in total. The molecule has 1 N–H and O–H groups in total. The highest BCUT2D eigenvalue weighted by Gasteiger charge is 2.39. The van der Waals surface area contributed by atoms with Gasteiger partial charge in [0.15, 0.2) is 5.66 Å². The normalized spacial score (nSPS) is 21.0. The first-order valence-electron chi connectivity index (χ1n) is 8.47. The van der Waals surface area contributed by atoms with Gasteiger partial charge in [-0.25, -0.2) is 0 Å². The lowest BCUT2D eigenvalue weighted by molar-refractivity contribution is -0.127. The largest absolute Gasteiger partial charge is 0.356 e. The molecule has 8 heteroatoms. The van der Waals surface area contributed by atoms with Crippen LogP contribution in [0.3, 0.4) is 0 Å². The van der Waals surface area contributed by atoms with Gasteiger partial charge in [-0.3, -0.25) is 14.3 Å². The SMILES string of the molecule is C#CCCC1(CCNC(=O)C2CCC(=O)N(c3cnn(C)c3)C2)N=N1. The van der Waals surface area contributed by atoms with Crippen molar-refractivity contribution in [3.63, 3.8) is 0 Å². The van der Waals surface area contributed by atoms with E-state index >= 15 is 0 Å². The Labute approximate surface area is 146 Å². The standard InChI is InChI=1S/C17H22N6O2/c1-3-4-7-17(20-21-17)8-9-18-16(25)13-5-6-15(24)23(11-13)14-10-19-22(2)12-14/h1,10,12-13H,4-9,11H2,2H3,(H,18,25). The molecule has 1 atom stereocenters. The zero-order valence-corrected chi connectivity index (χ0v) is 14.3. The molecule has 1 aromatic heterocycles. The van der Waals surface area contributed by atoms with Gasteiger partial charge in [-0.1, -0.05) is 0 Å². The molecule has 0 spiro atoms. The summed E-state index contributed by atoms with van der Waals surface area (Å²) in [6, 6.07) is 0. The summed E-state index contributed by atoms with van der Waals surface area (Å²) in [5, 5.41) is 15.2. The topological polar surface area (TPSA) is 92.0 Å². The maximum Gasteiger partial charge on any atom is 0.227 e. The Morgan fingerprint density at radius 3 is 2.92 bits per heavy atom. The number of carbonyl (C=O) groups excluding carboxylic acids is 2. The fourth-order valence-electron chi connectivity index (χ4n) is 3.06. The number of anilines is 1. The molecule has 3 heterocycles. The molecule has 2 amide bonds. The van der Waals surface area contributed by atoms with Crippen molar-refractivity contribution in [3.8, 4) is 12.3 Å². The number of nitrogens with zero attached hydrogens (tertiary/aromatic N) is 5. The van der Waals surface area contributed by atoms with Gasteiger partial charge in [0.25, 0.3) is 0 Å². The zero-order valence-electron chi connectivity index (χ0n) is 14.3. The van der Waals surface area contributed by atoms with Crippen LogP contribution in [-0.2, 0) is 16.6 Å². The maximum atomic E-state index is 12.4. The summed E-state index contributed by atoms with van der Waals surface area (Å²) >= 11 is 0. The second kappa shape index (κ2) is 7.05. The molecule has 1 aromatic rings. The highest BCUT2D eigenvalue weighted by molar-refractivity contribution is 5.95. The molecule has 0 aliphatic carbocycles. The summed E-state index contributed by atoms with van der Waals surface area (Å²) in [6.07, 6.45) is 11.7. The molecule has 25 heavy (non-hydrogen) atoms. The molecule has 0 saturated carbocycles. The van der Waals surface area contributed by atoms with Crippen LogP contribution in [-0.4, -0.2) is 40.3 Å². The first-order valence-corrected chi connectivity index (χ1v) is 8.47. The Balaban J connectivity index is 1.49. The molecule has 1 unspecified atom stereocenters. The van der Waals surface area contributed by atoms with Gasteiger partial charge in [0.1, 0.15) is 0 Å². The van der Waals surface area contributed by atoms with Gasteiger partial charge < -0.3 is 10.2 Å². The number of hydrogen-bond acceptors (Lipinski definition) is 5. The number of rotatable bonds is 7. The monoisotopic (exact) mass is 342 g/mol. The van der Waals surface area contributed by atoms with Crippen LogP contribution in [0.1, 0.15) is 32.1 Å². The minimum Gasteiger partial charge on any atom is -0.356 e. The number of aryl methyl sites for hydroxylation is 1. The average molecular weight is 342 g/mol. The summed E-state index contributed by atoms with van der Waals surface area (Å²) in [7, 11) is 1.80. The first-order chi connectivity index (χ1) is 12.0. The van der Waals surface area contributed by atoms with Crippen molar-refractivity contribution in [2.24, 2.45) is 23.2 Å². The van der Waals surface area contributed by atoms with Crippen LogP contribution in [0.2, 0.25) is 0 Å². The van der Waals surface area contributed by atoms with Gasteiger partial charge in [-0.2, -0.15) is 15.3 Å². The van der Waals surface area contributed by atoms with Gasteiger partial charge in [0.2, 0.25) is 11.8 Å². The lowest BCUT2D eigenvalue weighted by Crippen LogP contribution is -2.46. The van der Waals surface area contributed by atoms with E-state index in [9.17, 15) is 9.59 Å². The fourth-order valence-corrected chi connectivity index (χ4v) is 3.06. The first kappa shape index (κ1) is 17.1. The predicted molar refractivity (Wildman–Crippen MR) is 91.6 cm³/mol. The number of aromatic nitrogens is 2. The number of amides is 2. The summed E-state index contributed by atoms with van der Waals surface area (Å²) in [6.45, 7) is 0.890. The summed E-state index contributed by atoms with van der Waals surface area (Å²) < 4.78 is 1.64. The van der Waals surface area contributed by atoms with Crippen LogP contribution in [0, 0.1) is 18.3 Å². The Hall–Kier alpha value is -2.69. The number of nitrogens with one attached hydrogen (secondary N) is 1. The molecule has 1 fully saturated rings. The number of piperidine rings is 1. The molecule has 132 valence electrons. The lowest BCUT2D eigenvalue weighted by Gasteiger charge is -2.31. The maximum absolute atomic E-state index is 12.4. The Morgan fingerprint density at radius 2 is 2.28 bits per heavy atom. The van der Waals surface area contributed by atoms with Crippen LogP contribution in [0.15, 0.2) is 22.6 Å². The van der Waals surface area contributed by atoms with Crippen molar-refractivity contribution in [2.75, 3.05) is 18.0 Å². The van der Waals surface area contributed by atoms with E-state index < -0.39 is 0 Å². The number of carbonyl (C=O) groups is 2. The lowest BCUT2D eigenvalue weighted by atomic mass is 9.96. The molecular weight excluding hydrogens is 320 g/mol. The Morgan fingerprint density at radius 1 is 1.48 bits per heavy atom. The molecule has 0 aromatic carbocycles. The number of hydrogen-bond donors (Lipinski definition) is 1. The van der Waals surface area contributed by atoms with Crippen molar-refractivity contribution in [1.82, 2.24) is 15.1 Å². The molecule has 2 aliphatic heterocycles. The summed E-state index contributed by atoms with van der Waals surface area (Å²) in [4.78, 5) is 26.2. The molecule has 1 saturated heterocycles. The van der Waals surface area contributed by atoms with Gasteiger partial charge in [-0.05, 0) is 6.42 Å². The van der Waals surface area contributed by atoms with Crippen LogP contribution in [0.25, 0.3) is 0 Å². The second-order valence-electron chi connectivity index (χ2n) is 6.54. The van der Waals surface area contributed by atoms with Crippen molar-refractivity contribution in [3.05, 3.63) is 12.4 Å². The third-order valence-corrected chi connectivity index (χ3v) is 4.66. The molecule has 0 radical (unpaired) electrons. The molecular formula is C17H22N6O2. The highest BCUT2D eigenvalue weighted by atomic mass is 16.2. The van der Waals surface area contributed by atoms with Crippen LogP contribution in [0.5, 0.6) is 0 Å². The number of terminal acetylenes is 1. The van der Waals surface area contributed by atoms with Crippen LogP contribution in [0.4, 0.5) is 5.69 Å². The minimum atomic E-state index is -0.385. The predicted octanol–water partition coefficient (Wildman–Crippen LogP) is 1.24. The van der Waals surface area contributed by atoms with Crippen molar-refractivity contribution in [1.29, 1.82) is 0 Å². The zero-order chi connectivity index (χ0) is 17.9. The van der Waals surface area contributed by atoms with E-state index in [0.717, 1.165) is 12.1 Å². The van der Waals surface area contributed by atoms with Gasteiger partial charge in [0, 0.05) is 52.0 Å². The van der Waals surface area contributed by atoms with Crippen LogP contribution < -0.4 is 10.2 Å². The van der Waals surface area contributed by atoms with Crippen molar-refractivity contribution >= 4 is 17.5 Å². The fraction of sp³-hybridized carbons (Fsp3) is 0.588. The molecule has 2 aliphatic rings. The van der Waals surface area contributed by atoms with E-state index in [-0.39, 0.29) is 23.4 Å². The Bertz CT molecular complexity index is 726. The van der Waals surface area contributed by atoms with Gasteiger partial charge in [0.05, 0.1) is 17.8 Å². The second-order valence-corrected chi connectivity index (χ2v) is 6.54. The third-order valence-electron chi connectivity index (χ3n) is 4.66. The smallest absolute Gasteiger partial charge is 0.227 e. The third kappa shape index (κ3) is 4.05. The summed E-state index contributed by atoms with van der Waals surface area (Å²) in [5.41, 5.74) is 0.345. The van der Waals surface area contributed by atoms with Crippen LogP contribution >= 0.6 is 0 Å². The minimum absolute atomic E-state index is 0.0286. The summed E-state index contributed by atoms with van der Waals surface area (Å²) in [5.74, 6) is 2.37. The van der Waals surface area contributed by atoms with Gasteiger partial charge in [-0.15, -0.1) is 12.3 Å². The quantitative estimate of drug-likeness (QED) is 0.756. The highest BCUT2D eigenvalue weighted by Crippen LogP contribution is 2.36. The molecule has 3 rings (SSSR count). The van der Waals surface area contributed by atoms with E-state index in [1.165, 1.54) is 0 Å². The van der Waals surface area contributed by atoms with E-state index in [0.29, 0.717) is 38.8 Å². The van der Waals surface area contributed by atoms with Crippen molar-refractivity contribution in [2.45, 2.75) is 37.8 Å². The van der Waals surface area contributed by atoms with Gasteiger partial charge >= 0.3 is 0 Å². The van der Waals surface area contributed by atoms with E-state index in [1.54, 1.807) is 29.0 Å². The van der Waals surface area contributed by atoms with Crippen molar-refractivity contribution < 1.29 is 9.59 Å². The average Bonchev–Trinajstić information content (AvgIpc) is 3.24. The van der Waals surface area contributed by atoms with E-state index in [4.69, 9.17) is 6.42 Å².